The number of nitrogens with zero attached hydrogens (tertiary/aromatic N) is 2. The zero-order valence-corrected chi connectivity index (χ0v) is 27.8. The number of aromatic nitrogens is 1. The number of rotatable bonds is 7. The minimum atomic E-state index is -0.930. The van der Waals surface area contributed by atoms with Gasteiger partial charge in [0.05, 0.1) is 34.3 Å². The molecule has 7 nitrogen and oxygen atoms in total. The molecule has 2 bridgehead atoms. The van der Waals surface area contributed by atoms with Crippen molar-refractivity contribution in [2.24, 2.45) is 23.7 Å². The number of halogens is 2. The summed E-state index contributed by atoms with van der Waals surface area (Å²) in [6, 6.07) is 23.3. The van der Waals surface area contributed by atoms with Gasteiger partial charge in [0.2, 0.25) is 17.6 Å². The van der Waals surface area contributed by atoms with Crippen LogP contribution in [0.15, 0.2) is 78.9 Å². The normalized spacial score (nSPS) is 25.9. The minimum Gasteiger partial charge on any atom is -0.450 e. The molecule has 7 rings (SSSR count). The molecule has 0 radical (unpaired) electrons. The number of pyridine rings is 1. The molecule has 2 saturated carbocycles. The summed E-state index contributed by atoms with van der Waals surface area (Å²) in [4.78, 5) is 60.4. The van der Waals surface area contributed by atoms with Crippen molar-refractivity contribution in [3.05, 3.63) is 95.6 Å². The average Bonchev–Trinajstić information content (AvgIpc) is 3.67. The van der Waals surface area contributed by atoms with Crippen LogP contribution in [0.4, 0.5) is 5.69 Å². The van der Waals surface area contributed by atoms with Gasteiger partial charge in [0.25, 0.3) is 0 Å². The number of hydrogen-bond acceptors (Lipinski definition) is 6. The number of esters is 1. The van der Waals surface area contributed by atoms with Gasteiger partial charge in [0, 0.05) is 26.2 Å². The maximum atomic E-state index is 13.7. The highest BCUT2D eigenvalue weighted by atomic mass is 79.9. The molecule has 1 aliphatic heterocycles. The summed E-state index contributed by atoms with van der Waals surface area (Å²) >= 11 is 7.48. The van der Waals surface area contributed by atoms with E-state index in [1.807, 2.05) is 50.2 Å². The number of alkyl halides is 2. The van der Waals surface area contributed by atoms with E-state index < -0.39 is 12.1 Å². The fourth-order valence-corrected chi connectivity index (χ4v) is 9.22. The van der Waals surface area contributed by atoms with E-state index in [2.05, 4.69) is 31.9 Å². The van der Waals surface area contributed by atoms with E-state index in [0.717, 1.165) is 12.0 Å². The number of anilines is 1. The van der Waals surface area contributed by atoms with Crippen LogP contribution in [0.2, 0.25) is 0 Å². The van der Waals surface area contributed by atoms with Gasteiger partial charge in [-0.2, -0.15) is 0 Å². The Balaban J connectivity index is 1.19. The Bertz CT molecular complexity index is 1830. The quantitative estimate of drug-likeness (QED) is 0.0858. The van der Waals surface area contributed by atoms with Gasteiger partial charge in [-0.25, -0.2) is 9.78 Å². The zero-order valence-electron chi connectivity index (χ0n) is 24.7. The second kappa shape index (κ2) is 11.6. The van der Waals surface area contributed by atoms with Crippen molar-refractivity contribution in [1.82, 2.24) is 4.98 Å². The summed E-state index contributed by atoms with van der Waals surface area (Å²) in [5.41, 5.74) is 4.13. The van der Waals surface area contributed by atoms with Gasteiger partial charge >= 0.3 is 5.97 Å². The van der Waals surface area contributed by atoms with Crippen LogP contribution in [0.25, 0.3) is 22.2 Å². The van der Waals surface area contributed by atoms with Crippen molar-refractivity contribution in [3.63, 3.8) is 0 Å². The summed E-state index contributed by atoms with van der Waals surface area (Å²) in [6.45, 7) is 3.75. The summed E-state index contributed by atoms with van der Waals surface area (Å²) in [6.07, 6.45) is 0.281. The van der Waals surface area contributed by atoms with Crippen molar-refractivity contribution in [2.45, 2.75) is 42.4 Å². The monoisotopic (exact) mass is 728 g/mol. The Labute approximate surface area is 277 Å². The first kappa shape index (κ1) is 30.0. The SMILES string of the molecule is CCC(OC(=O)c1cc(-c2ccc(N3C(=O)C4C5CC(C(Br)C5Br)C4C3=O)cc2)nc2ccc(C)cc12)C(=O)c1ccccc1. The Kier molecular flexibility index (Phi) is 7.72. The number of hydrogen-bond donors (Lipinski definition) is 0. The number of aryl methyl sites for hydroxylation is 1. The summed E-state index contributed by atoms with van der Waals surface area (Å²) < 4.78 is 5.82. The van der Waals surface area contributed by atoms with Crippen molar-refractivity contribution in [1.29, 1.82) is 0 Å². The first-order chi connectivity index (χ1) is 21.7. The Morgan fingerprint density at radius 2 is 1.56 bits per heavy atom. The lowest BCUT2D eigenvalue weighted by Gasteiger charge is -2.28. The maximum absolute atomic E-state index is 13.7. The first-order valence-electron chi connectivity index (χ1n) is 15.2. The van der Waals surface area contributed by atoms with E-state index in [-0.39, 0.29) is 50.9 Å². The van der Waals surface area contributed by atoms with Crippen LogP contribution in [0.3, 0.4) is 0 Å². The lowest BCUT2D eigenvalue weighted by Crippen LogP contribution is -2.37. The van der Waals surface area contributed by atoms with E-state index in [9.17, 15) is 19.2 Å². The molecule has 2 heterocycles. The number of ether oxygens (including phenoxy) is 1. The first-order valence-corrected chi connectivity index (χ1v) is 17.0. The Hall–Kier alpha value is -3.69. The maximum Gasteiger partial charge on any atom is 0.339 e. The molecule has 0 spiro atoms. The van der Waals surface area contributed by atoms with E-state index in [1.54, 1.807) is 42.5 Å². The Morgan fingerprint density at radius 1 is 0.911 bits per heavy atom. The third kappa shape index (κ3) is 4.95. The van der Waals surface area contributed by atoms with E-state index in [4.69, 9.17) is 9.72 Å². The highest BCUT2D eigenvalue weighted by Gasteiger charge is 2.66. The zero-order chi connectivity index (χ0) is 31.6. The van der Waals surface area contributed by atoms with Gasteiger partial charge in [0.15, 0.2) is 6.10 Å². The molecule has 9 heteroatoms. The summed E-state index contributed by atoms with van der Waals surface area (Å²) in [5.74, 6) is -1.42. The molecule has 7 atom stereocenters. The lowest BCUT2D eigenvalue weighted by atomic mass is 9.81. The topological polar surface area (TPSA) is 93.6 Å². The summed E-state index contributed by atoms with van der Waals surface area (Å²) in [7, 11) is 0. The van der Waals surface area contributed by atoms with Crippen molar-refractivity contribution in [2.75, 3.05) is 4.90 Å². The standard InChI is InChI=1S/C36H30Br2N2O5/c1-3-28(33(41)20-7-5-4-6-8-20)45-36(44)23-17-27(39-26-14-9-18(2)15-22(23)26)19-10-12-21(13-11-19)40-34(42)29-24-16-25(30(29)35(40)43)32(38)31(24)37/h4-15,17,24-25,28-32H,3,16H2,1-2H3. The van der Waals surface area contributed by atoms with Crippen LogP contribution in [0.1, 0.15) is 46.0 Å². The molecule has 2 amide bonds. The van der Waals surface area contributed by atoms with Crippen LogP contribution in [0, 0.1) is 30.6 Å². The van der Waals surface area contributed by atoms with Crippen LogP contribution in [0.5, 0.6) is 0 Å². The van der Waals surface area contributed by atoms with Gasteiger partial charge < -0.3 is 4.74 Å². The van der Waals surface area contributed by atoms with Gasteiger partial charge in [0.1, 0.15) is 0 Å². The molecule has 7 unspecified atom stereocenters. The second-order valence-corrected chi connectivity index (χ2v) is 14.3. The van der Waals surface area contributed by atoms with Crippen molar-refractivity contribution < 1.29 is 23.9 Å². The molecular formula is C36H30Br2N2O5. The minimum absolute atomic E-state index is 0.131. The number of imide groups is 1. The molecular weight excluding hydrogens is 700 g/mol. The van der Waals surface area contributed by atoms with E-state index in [0.29, 0.717) is 45.4 Å². The number of carbonyl (C=O) groups excluding carboxylic acids is 4. The molecule has 1 aromatic heterocycles. The van der Waals surface area contributed by atoms with Crippen molar-refractivity contribution >= 4 is 72.0 Å². The van der Waals surface area contributed by atoms with Gasteiger partial charge in [-0.1, -0.05) is 92.9 Å². The highest BCUT2D eigenvalue weighted by Crippen LogP contribution is 2.60. The molecule has 0 N–H and O–H groups in total. The highest BCUT2D eigenvalue weighted by molar-refractivity contribution is 9.12. The average molecular weight is 730 g/mol. The predicted molar refractivity (Wildman–Crippen MR) is 179 cm³/mol. The molecule has 3 fully saturated rings. The van der Waals surface area contributed by atoms with Crippen LogP contribution in [-0.4, -0.2) is 44.3 Å². The smallest absolute Gasteiger partial charge is 0.339 e. The summed E-state index contributed by atoms with van der Waals surface area (Å²) in [5, 5.41) is 0.631. The number of benzene rings is 3. The third-order valence-electron chi connectivity index (χ3n) is 9.56. The van der Waals surface area contributed by atoms with Crippen LogP contribution >= 0.6 is 31.9 Å². The van der Waals surface area contributed by atoms with Gasteiger partial charge in [-0.15, -0.1) is 0 Å². The molecule has 3 aliphatic rings. The largest absolute Gasteiger partial charge is 0.450 e. The lowest BCUT2D eigenvalue weighted by molar-refractivity contribution is -0.123. The molecule has 4 aromatic rings. The predicted octanol–water partition coefficient (Wildman–Crippen LogP) is 7.31. The number of amides is 2. The Morgan fingerprint density at radius 3 is 2.18 bits per heavy atom. The van der Waals surface area contributed by atoms with E-state index >= 15 is 0 Å². The molecule has 1 saturated heterocycles. The molecule has 228 valence electrons. The number of ketones is 1. The van der Waals surface area contributed by atoms with Gasteiger partial charge in [-0.3, -0.25) is 19.3 Å². The van der Waals surface area contributed by atoms with Crippen molar-refractivity contribution in [3.8, 4) is 11.3 Å². The number of fused-ring (bicyclic) bond motifs is 6. The number of carbonyl (C=O) groups is 4. The van der Waals surface area contributed by atoms with Crippen LogP contribution < -0.4 is 4.90 Å². The number of Topliss-reactive ketones (excluding diaryl/α,β-unsaturated/α-hetero) is 1. The van der Waals surface area contributed by atoms with Crippen LogP contribution in [-0.2, 0) is 14.3 Å². The van der Waals surface area contributed by atoms with Gasteiger partial charge in [-0.05, 0) is 61.9 Å². The molecule has 45 heavy (non-hydrogen) atoms. The molecule has 2 aliphatic carbocycles. The molecule has 3 aromatic carbocycles. The fraction of sp³-hybridized carbons (Fsp3) is 0.306. The van der Waals surface area contributed by atoms with E-state index in [1.165, 1.54) is 4.90 Å². The second-order valence-electron chi connectivity index (χ2n) is 12.2. The third-order valence-corrected chi connectivity index (χ3v) is 12.8. The fourth-order valence-electron chi connectivity index (χ4n) is 7.34.